The molecule has 3 heterocycles. The van der Waals surface area contributed by atoms with Crippen LogP contribution in [-0.4, -0.2) is 56.8 Å². The Bertz CT molecular complexity index is 653. The number of nitrogens with zero attached hydrogens (tertiary/aromatic N) is 6. The van der Waals surface area contributed by atoms with Crippen molar-refractivity contribution < 1.29 is 4.79 Å². The fraction of sp³-hybridized carbons (Fsp3) is 0.533. The molecule has 1 amide bonds. The summed E-state index contributed by atoms with van der Waals surface area (Å²) in [6.45, 7) is 3.49. The first kappa shape index (κ1) is 15.8. The standard InChI is InChI=1S/C15H20N6OS/c1-3-12-14(23-19-17-12)15(22)21-9-6-11(7-10-21)20(2)13-5-4-8-16-18-13/h4-5,8,11H,3,6-7,9-10H2,1-2H3. The summed E-state index contributed by atoms with van der Waals surface area (Å²) in [5.41, 5.74) is 0.804. The average molecular weight is 332 g/mol. The Morgan fingerprint density at radius 2 is 2.17 bits per heavy atom. The second kappa shape index (κ2) is 6.99. The highest BCUT2D eigenvalue weighted by molar-refractivity contribution is 7.08. The number of anilines is 1. The van der Waals surface area contributed by atoms with Crippen molar-refractivity contribution in [1.82, 2.24) is 24.7 Å². The molecule has 8 heteroatoms. The summed E-state index contributed by atoms with van der Waals surface area (Å²) in [5.74, 6) is 0.939. The van der Waals surface area contributed by atoms with E-state index in [-0.39, 0.29) is 5.91 Å². The molecule has 0 atom stereocenters. The van der Waals surface area contributed by atoms with Crippen molar-refractivity contribution in [2.75, 3.05) is 25.0 Å². The van der Waals surface area contributed by atoms with E-state index in [2.05, 4.69) is 24.7 Å². The van der Waals surface area contributed by atoms with Gasteiger partial charge >= 0.3 is 0 Å². The molecule has 0 N–H and O–H groups in total. The van der Waals surface area contributed by atoms with E-state index in [1.54, 1.807) is 6.20 Å². The monoisotopic (exact) mass is 332 g/mol. The number of piperidine rings is 1. The molecule has 3 rings (SSSR count). The molecule has 1 aliphatic rings. The minimum absolute atomic E-state index is 0.0671. The van der Waals surface area contributed by atoms with Crippen molar-refractivity contribution >= 4 is 23.3 Å². The molecule has 0 aromatic carbocycles. The molecule has 1 saturated heterocycles. The number of amides is 1. The van der Waals surface area contributed by atoms with Gasteiger partial charge in [-0.1, -0.05) is 11.4 Å². The van der Waals surface area contributed by atoms with Crippen LogP contribution >= 0.6 is 11.5 Å². The molecule has 0 radical (unpaired) electrons. The van der Waals surface area contributed by atoms with Crippen LogP contribution in [0.3, 0.4) is 0 Å². The number of rotatable bonds is 4. The van der Waals surface area contributed by atoms with Gasteiger partial charge in [0, 0.05) is 32.4 Å². The first-order valence-corrected chi connectivity index (χ1v) is 8.59. The van der Waals surface area contributed by atoms with Crippen LogP contribution in [0.5, 0.6) is 0 Å². The predicted octanol–water partition coefficient (Wildman–Crippen LogP) is 1.63. The number of hydrogen-bond donors (Lipinski definition) is 0. The summed E-state index contributed by atoms with van der Waals surface area (Å²) < 4.78 is 3.91. The van der Waals surface area contributed by atoms with Gasteiger partial charge < -0.3 is 9.80 Å². The van der Waals surface area contributed by atoms with Gasteiger partial charge in [0.15, 0.2) is 5.82 Å². The van der Waals surface area contributed by atoms with Gasteiger partial charge in [-0.3, -0.25) is 4.79 Å². The van der Waals surface area contributed by atoms with Crippen LogP contribution in [0.25, 0.3) is 0 Å². The van der Waals surface area contributed by atoms with E-state index in [0.29, 0.717) is 10.9 Å². The maximum absolute atomic E-state index is 12.6. The molecule has 2 aromatic heterocycles. The number of aromatic nitrogens is 4. The zero-order chi connectivity index (χ0) is 16.2. The fourth-order valence-corrected chi connectivity index (χ4v) is 3.59. The predicted molar refractivity (Wildman–Crippen MR) is 88.6 cm³/mol. The van der Waals surface area contributed by atoms with E-state index in [0.717, 1.165) is 43.9 Å². The van der Waals surface area contributed by atoms with Crippen LogP contribution < -0.4 is 4.90 Å². The third kappa shape index (κ3) is 3.31. The van der Waals surface area contributed by atoms with Crippen molar-refractivity contribution in [1.29, 1.82) is 0 Å². The SMILES string of the molecule is CCc1nnsc1C(=O)N1CCC(N(C)c2cccnn2)CC1. The van der Waals surface area contributed by atoms with Crippen molar-refractivity contribution in [3.05, 3.63) is 28.9 Å². The molecule has 7 nitrogen and oxygen atoms in total. The molecule has 2 aromatic rings. The Balaban J connectivity index is 1.61. The maximum atomic E-state index is 12.6. The Morgan fingerprint density at radius 3 is 2.83 bits per heavy atom. The summed E-state index contributed by atoms with van der Waals surface area (Å²) in [7, 11) is 2.04. The van der Waals surface area contributed by atoms with Gasteiger partial charge in [-0.25, -0.2) is 0 Å². The highest BCUT2D eigenvalue weighted by atomic mass is 32.1. The molecule has 0 saturated carbocycles. The Morgan fingerprint density at radius 1 is 1.39 bits per heavy atom. The molecule has 23 heavy (non-hydrogen) atoms. The maximum Gasteiger partial charge on any atom is 0.267 e. The van der Waals surface area contributed by atoms with Crippen LogP contribution in [0.4, 0.5) is 5.82 Å². The lowest BCUT2D eigenvalue weighted by molar-refractivity contribution is 0.0717. The molecule has 0 unspecified atom stereocenters. The molecular weight excluding hydrogens is 312 g/mol. The van der Waals surface area contributed by atoms with E-state index >= 15 is 0 Å². The molecule has 122 valence electrons. The van der Waals surface area contributed by atoms with Crippen molar-refractivity contribution in [2.45, 2.75) is 32.2 Å². The highest BCUT2D eigenvalue weighted by Gasteiger charge is 2.28. The first-order valence-electron chi connectivity index (χ1n) is 7.81. The Labute approximate surface area is 139 Å². The quantitative estimate of drug-likeness (QED) is 0.847. The summed E-state index contributed by atoms with van der Waals surface area (Å²) in [4.78, 5) is 17.4. The molecule has 0 spiro atoms. The number of carbonyl (C=O) groups excluding carboxylic acids is 1. The summed E-state index contributed by atoms with van der Waals surface area (Å²) in [5, 5.41) is 12.1. The van der Waals surface area contributed by atoms with Gasteiger partial charge in [0.1, 0.15) is 4.88 Å². The van der Waals surface area contributed by atoms with Gasteiger partial charge in [0.2, 0.25) is 0 Å². The normalized spacial score (nSPS) is 15.7. The van der Waals surface area contributed by atoms with E-state index in [4.69, 9.17) is 0 Å². The van der Waals surface area contributed by atoms with Gasteiger partial charge in [-0.15, -0.1) is 10.2 Å². The van der Waals surface area contributed by atoms with Crippen LogP contribution in [0, 0.1) is 0 Å². The largest absolute Gasteiger partial charge is 0.355 e. The molecule has 1 aliphatic heterocycles. The van der Waals surface area contributed by atoms with Crippen LogP contribution in [0.1, 0.15) is 35.1 Å². The zero-order valence-corrected chi connectivity index (χ0v) is 14.2. The minimum Gasteiger partial charge on any atom is -0.355 e. The van der Waals surface area contributed by atoms with Crippen LogP contribution in [0.15, 0.2) is 18.3 Å². The second-order valence-corrected chi connectivity index (χ2v) is 6.37. The lowest BCUT2D eigenvalue weighted by Crippen LogP contribution is -2.45. The minimum atomic E-state index is 0.0671. The van der Waals surface area contributed by atoms with Gasteiger partial charge in [-0.05, 0) is 42.9 Å². The smallest absolute Gasteiger partial charge is 0.267 e. The summed E-state index contributed by atoms with van der Waals surface area (Å²) >= 11 is 1.20. The topological polar surface area (TPSA) is 75.1 Å². The van der Waals surface area contributed by atoms with Crippen molar-refractivity contribution in [2.24, 2.45) is 0 Å². The second-order valence-electron chi connectivity index (χ2n) is 5.62. The van der Waals surface area contributed by atoms with Crippen molar-refractivity contribution in [3.8, 4) is 0 Å². The van der Waals surface area contributed by atoms with E-state index in [1.807, 2.05) is 31.0 Å². The highest BCUT2D eigenvalue weighted by Crippen LogP contribution is 2.22. The van der Waals surface area contributed by atoms with E-state index < -0.39 is 0 Å². The van der Waals surface area contributed by atoms with Gasteiger partial charge in [-0.2, -0.15) is 5.10 Å². The fourth-order valence-electron chi connectivity index (χ4n) is 2.87. The first-order chi connectivity index (χ1) is 11.2. The summed E-state index contributed by atoms with van der Waals surface area (Å²) in [6.07, 6.45) is 4.26. The van der Waals surface area contributed by atoms with Crippen molar-refractivity contribution in [3.63, 3.8) is 0 Å². The lowest BCUT2D eigenvalue weighted by atomic mass is 10.0. The van der Waals surface area contributed by atoms with E-state index in [9.17, 15) is 4.79 Å². The number of hydrogen-bond acceptors (Lipinski definition) is 7. The molecular formula is C15H20N6OS. The lowest BCUT2D eigenvalue weighted by Gasteiger charge is -2.36. The van der Waals surface area contributed by atoms with Crippen LogP contribution in [-0.2, 0) is 6.42 Å². The Kier molecular flexibility index (Phi) is 4.80. The molecule has 0 bridgehead atoms. The molecule has 0 aliphatic carbocycles. The van der Waals surface area contributed by atoms with Gasteiger partial charge in [0.25, 0.3) is 5.91 Å². The Hall–Kier alpha value is -2.09. The third-order valence-electron chi connectivity index (χ3n) is 4.30. The van der Waals surface area contributed by atoms with Crippen LogP contribution in [0.2, 0.25) is 0 Å². The van der Waals surface area contributed by atoms with Gasteiger partial charge in [0.05, 0.1) is 5.69 Å². The number of carbonyl (C=O) groups is 1. The number of aryl methyl sites for hydroxylation is 1. The number of likely N-dealkylation sites (tertiary alicyclic amines) is 1. The van der Waals surface area contributed by atoms with E-state index in [1.165, 1.54) is 11.5 Å². The molecule has 1 fully saturated rings. The third-order valence-corrected chi connectivity index (χ3v) is 5.06. The summed E-state index contributed by atoms with van der Waals surface area (Å²) in [6, 6.07) is 4.22. The average Bonchev–Trinajstić information content (AvgIpc) is 3.10. The zero-order valence-electron chi connectivity index (χ0n) is 13.3.